The molecule has 3 amide bonds. The topological polar surface area (TPSA) is 245 Å². The minimum Gasteiger partial charge on any atom is -0.508 e. The third-order valence-electron chi connectivity index (χ3n) is 5.34. The first kappa shape index (κ1) is 31.8. The molecule has 0 aromatic heterocycles. The zero-order valence-corrected chi connectivity index (χ0v) is 21.0. The Hall–Kier alpha value is -4.20. The number of amides is 3. The first-order valence-corrected chi connectivity index (χ1v) is 11.8. The number of nitrogens with one attached hydrogen (secondary N) is 3. The SMILES string of the molecule is CC(C)CC(NC(=O)C(N)CC(=O)O)C(=O)NC(Cc1ccc(O)cc1)C(=O)NC(CCC(=O)O)C(=O)O. The maximum absolute atomic E-state index is 13.2. The molecular weight excluding hydrogens is 504 g/mol. The molecule has 0 saturated heterocycles. The van der Waals surface area contributed by atoms with Crippen molar-refractivity contribution in [1.29, 1.82) is 0 Å². The van der Waals surface area contributed by atoms with E-state index in [2.05, 4.69) is 16.0 Å². The zero-order chi connectivity index (χ0) is 29.0. The van der Waals surface area contributed by atoms with E-state index in [1.54, 1.807) is 13.8 Å². The van der Waals surface area contributed by atoms with Crippen LogP contribution in [-0.2, 0) is 35.2 Å². The number of rotatable bonds is 16. The van der Waals surface area contributed by atoms with E-state index >= 15 is 0 Å². The quantitative estimate of drug-likeness (QED) is 0.129. The maximum Gasteiger partial charge on any atom is 0.326 e. The highest BCUT2D eigenvalue weighted by Gasteiger charge is 2.31. The number of aliphatic carboxylic acids is 3. The number of hydrogen-bond donors (Lipinski definition) is 8. The van der Waals surface area contributed by atoms with Gasteiger partial charge >= 0.3 is 17.9 Å². The number of phenols is 1. The first-order valence-electron chi connectivity index (χ1n) is 11.8. The Morgan fingerprint density at radius 3 is 1.82 bits per heavy atom. The number of aromatic hydroxyl groups is 1. The molecule has 210 valence electrons. The Kier molecular flexibility index (Phi) is 12.7. The average molecular weight is 539 g/mol. The van der Waals surface area contributed by atoms with Crippen molar-refractivity contribution in [2.24, 2.45) is 11.7 Å². The van der Waals surface area contributed by atoms with Crippen LogP contribution in [0.25, 0.3) is 0 Å². The van der Waals surface area contributed by atoms with Crippen LogP contribution < -0.4 is 21.7 Å². The number of carbonyl (C=O) groups is 6. The second-order valence-electron chi connectivity index (χ2n) is 9.16. The lowest BCUT2D eigenvalue weighted by atomic mass is 10.00. The van der Waals surface area contributed by atoms with Gasteiger partial charge in [-0.2, -0.15) is 0 Å². The molecule has 0 aliphatic rings. The molecule has 14 nitrogen and oxygen atoms in total. The van der Waals surface area contributed by atoms with Crippen molar-refractivity contribution in [3.63, 3.8) is 0 Å². The van der Waals surface area contributed by atoms with E-state index in [0.29, 0.717) is 5.56 Å². The summed E-state index contributed by atoms with van der Waals surface area (Å²) in [5.41, 5.74) is 6.08. The van der Waals surface area contributed by atoms with Gasteiger partial charge in [-0.3, -0.25) is 24.0 Å². The van der Waals surface area contributed by atoms with Gasteiger partial charge < -0.3 is 42.1 Å². The van der Waals surface area contributed by atoms with E-state index in [1.807, 2.05) is 0 Å². The predicted molar refractivity (Wildman–Crippen MR) is 132 cm³/mol. The summed E-state index contributed by atoms with van der Waals surface area (Å²) in [6.45, 7) is 3.54. The van der Waals surface area contributed by atoms with Gasteiger partial charge in [-0.15, -0.1) is 0 Å². The number of carboxylic acid groups (broad SMARTS) is 3. The Morgan fingerprint density at radius 1 is 0.789 bits per heavy atom. The molecule has 0 aliphatic carbocycles. The van der Waals surface area contributed by atoms with Gasteiger partial charge in [-0.1, -0.05) is 26.0 Å². The van der Waals surface area contributed by atoms with Crippen LogP contribution in [0.5, 0.6) is 5.75 Å². The summed E-state index contributed by atoms with van der Waals surface area (Å²) in [4.78, 5) is 71.9. The zero-order valence-electron chi connectivity index (χ0n) is 21.0. The van der Waals surface area contributed by atoms with Gasteiger partial charge in [0, 0.05) is 12.8 Å². The van der Waals surface area contributed by atoms with Crippen molar-refractivity contribution < 1.29 is 49.2 Å². The van der Waals surface area contributed by atoms with E-state index in [-0.39, 0.29) is 24.5 Å². The molecule has 0 fully saturated rings. The highest BCUT2D eigenvalue weighted by atomic mass is 16.4. The Bertz CT molecular complexity index is 1010. The Labute approximate surface area is 218 Å². The smallest absolute Gasteiger partial charge is 0.326 e. The second-order valence-corrected chi connectivity index (χ2v) is 9.16. The van der Waals surface area contributed by atoms with E-state index in [1.165, 1.54) is 24.3 Å². The lowest BCUT2D eigenvalue weighted by molar-refractivity contribution is -0.143. The highest BCUT2D eigenvalue weighted by molar-refractivity contribution is 5.95. The number of hydrogen-bond acceptors (Lipinski definition) is 8. The molecular formula is C24H34N4O10. The van der Waals surface area contributed by atoms with Crippen LogP contribution in [0.4, 0.5) is 0 Å². The van der Waals surface area contributed by atoms with Crippen LogP contribution in [0, 0.1) is 5.92 Å². The molecule has 0 radical (unpaired) electrons. The van der Waals surface area contributed by atoms with E-state index in [9.17, 15) is 39.0 Å². The summed E-state index contributed by atoms with van der Waals surface area (Å²) in [6, 6.07) is 0.167. The number of carboxylic acids is 3. The third kappa shape index (κ3) is 11.7. The molecule has 9 N–H and O–H groups in total. The molecule has 4 atom stereocenters. The monoisotopic (exact) mass is 538 g/mol. The Balaban J connectivity index is 3.17. The molecule has 1 rings (SSSR count). The standard InChI is InChI=1S/C24H34N4O10/c1-12(2)9-17(27-21(34)15(25)11-20(32)33)22(35)28-18(10-13-3-5-14(29)6-4-13)23(36)26-16(24(37)38)7-8-19(30)31/h3-6,12,15-18,29H,7-11,25H2,1-2H3,(H,26,36)(H,27,34)(H,28,35)(H,30,31)(H,32,33)(H,37,38). The number of nitrogens with two attached hydrogens (primary N) is 1. The number of phenolic OH excluding ortho intramolecular Hbond substituents is 1. The molecule has 38 heavy (non-hydrogen) atoms. The van der Waals surface area contributed by atoms with Crippen molar-refractivity contribution in [2.75, 3.05) is 0 Å². The molecule has 0 saturated carbocycles. The summed E-state index contributed by atoms with van der Waals surface area (Å²) < 4.78 is 0. The lowest BCUT2D eigenvalue weighted by Gasteiger charge is -2.26. The first-order chi connectivity index (χ1) is 17.7. The van der Waals surface area contributed by atoms with Crippen LogP contribution in [-0.4, -0.2) is 80.2 Å². The van der Waals surface area contributed by atoms with Crippen LogP contribution in [0.15, 0.2) is 24.3 Å². The van der Waals surface area contributed by atoms with Gasteiger partial charge in [0.1, 0.15) is 23.9 Å². The lowest BCUT2D eigenvalue weighted by Crippen LogP contribution is -2.58. The maximum atomic E-state index is 13.2. The van der Waals surface area contributed by atoms with Gasteiger partial charge in [0.2, 0.25) is 17.7 Å². The van der Waals surface area contributed by atoms with Crippen molar-refractivity contribution in [1.82, 2.24) is 16.0 Å². The molecule has 1 aromatic rings. The molecule has 14 heteroatoms. The molecule has 4 unspecified atom stereocenters. The average Bonchev–Trinajstić information content (AvgIpc) is 2.80. The fraction of sp³-hybridized carbons (Fsp3) is 0.500. The normalized spacial score (nSPS) is 14.0. The number of benzene rings is 1. The third-order valence-corrected chi connectivity index (χ3v) is 5.34. The van der Waals surface area contributed by atoms with Crippen LogP contribution >= 0.6 is 0 Å². The Morgan fingerprint density at radius 2 is 1.32 bits per heavy atom. The van der Waals surface area contributed by atoms with Gasteiger partial charge in [0.15, 0.2) is 0 Å². The minimum atomic E-state index is -1.54. The molecule has 0 heterocycles. The number of carbonyl (C=O) groups excluding carboxylic acids is 3. The molecule has 0 aliphatic heterocycles. The molecule has 1 aromatic carbocycles. The fourth-order valence-corrected chi connectivity index (χ4v) is 3.41. The summed E-state index contributed by atoms with van der Waals surface area (Å²) in [5, 5.41) is 43.8. The summed E-state index contributed by atoms with van der Waals surface area (Å²) >= 11 is 0. The van der Waals surface area contributed by atoms with Gasteiger partial charge in [0.25, 0.3) is 0 Å². The van der Waals surface area contributed by atoms with Crippen LogP contribution in [0.3, 0.4) is 0 Å². The van der Waals surface area contributed by atoms with Gasteiger partial charge in [0.05, 0.1) is 12.5 Å². The summed E-state index contributed by atoms with van der Waals surface area (Å²) in [7, 11) is 0. The predicted octanol–water partition coefficient (Wildman–Crippen LogP) is -0.813. The summed E-state index contributed by atoms with van der Waals surface area (Å²) in [5.74, 6) is -6.78. The minimum absolute atomic E-state index is 0.0455. The van der Waals surface area contributed by atoms with E-state index < -0.39 is 79.1 Å². The highest BCUT2D eigenvalue weighted by Crippen LogP contribution is 2.13. The van der Waals surface area contributed by atoms with Gasteiger partial charge in [-0.25, -0.2) is 4.79 Å². The fourth-order valence-electron chi connectivity index (χ4n) is 3.41. The van der Waals surface area contributed by atoms with E-state index in [0.717, 1.165) is 0 Å². The van der Waals surface area contributed by atoms with E-state index in [4.69, 9.17) is 15.9 Å². The van der Waals surface area contributed by atoms with Crippen LogP contribution in [0.2, 0.25) is 0 Å². The molecule has 0 spiro atoms. The van der Waals surface area contributed by atoms with Crippen molar-refractivity contribution in [3.05, 3.63) is 29.8 Å². The van der Waals surface area contributed by atoms with Crippen molar-refractivity contribution in [2.45, 2.75) is 70.1 Å². The van der Waals surface area contributed by atoms with Crippen LogP contribution in [0.1, 0.15) is 45.1 Å². The summed E-state index contributed by atoms with van der Waals surface area (Å²) in [6.07, 6.45) is -1.61. The van der Waals surface area contributed by atoms with Gasteiger partial charge in [-0.05, 0) is 36.5 Å². The van der Waals surface area contributed by atoms with Crippen molar-refractivity contribution in [3.8, 4) is 5.75 Å². The van der Waals surface area contributed by atoms with Crippen molar-refractivity contribution >= 4 is 35.6 Å². The largest absolute Gasteiger partial charge is 0.508 e. The molecule has 0 bridgehead atoms. The second kappa shape index (κ2) is 15.1.